The van der Waals surface area contributed by atoms with Crippen molar-refractivity contribution in [2.24, 2.45) is 0 Å². The highest BCUT2D eigenvalue weighted by Gasteiger charge is 2.14. The lowest BCUT2D eigenvalue weighted by Gasteiger charge is -2.08. The maximum atomic E-state index is 10.5. The summed E-state index contributed by atoms with van der Waals surface area (Å²) in [4.78, 5) is 18.0. The van der Waals surface area contributed by atoms with E-state index in [4.69, 9.17) is 4.74 Å². The lowest BCUT2D eigenvalue weighted by Crippen LogP contribution is -1.96. The van der Waals surface area contributed by atoms with Gasteiger partial charge in [0.15, 0.2) is 0 Å². The van der Waals surface area contributed by atoms with E-state index >= 15 is 0 Å². The number of carbonyl (C=O) groups is 1. The summed E-state index contributed by atoms with van der Waals surface area (Å²) < 4.78 is 10.8. The summed E-state index contributed by atoms with van der Waals surface area (Å²) >= 11 is 1.44. The zero-order valence-corrected chi connectivity index (χ0v) is 13.0. The fourth-order valence-corrected chi connectivity index (χ4v) is 3.30. The standard InChI is InChI=1S/C16H12N4O2S/c1-22-13-5-14-9(6-19-23-14)4-11(13)12-7-17-16-10(12)2-3-15(20-16)18-8-21/h2-8H,1H3,(H2,17,18,20,21). The van der Waals surface area contributed by atoms with Gasteiger partial charge < -0.3 is 15.0 Å². The van der Waals surface area contributed by atoms with Crippen molar-refractivity contribution in [2.45, 2.75) is 0 Å². The van der Waals surface area contributed by atoms with Gasteiger partial charge in [0.2, 0.25) is 6.41 Å². The van der Waals surface area contributed by atoms with Gasteiger partial charge in [0, 0.05) is 40.4 Å². The van der Waals surface area contributed by atoms with Crippen LogP contribution in [0.2, 0.25) is 0 Å². The number of rotatable bonds is 4. The van der Waals surface area contributed by atoms with Crippen LogP contribution < -0.4 is 10.1 Å². The molecule has 1 aromatic carbocycles. The molecule has 23 heavy (non-hydrogen) atoms. The summed E-state index contributed by atoms with van der Waals surface area (Å²) in [6.07, 6.45) is 4.35. The summed E-state index contributed by atoms with van der Waals surface area (Å²) in [5, 5.41) is 4.59. The van der Waals surface area contributed by atoms with Crippen LogP contribution >= 0.6 is 11.5 Å². The quantitative estimate of drug-likeness (QED) is 0.564. The first-order chi connectivity index (χ1) is 11.3. The van der Waals surface area contributed by atoms with Crippen molar-refractivity contribution in [3.05, 3.63) is 36.7 Å². The molecule has 0 unspecified atom stereocenters. The minimum absolute atomic E-state index is 0.505. The largest absolute Gasteiger partial charge is 0.496 e. The zero-order chi connectivity index (χ0) is 15.8. The molecule has 0 bridgehead atoms. The molecule has 4 rings (SSSR count). The van der Waals surface area contributed by atoms with E-state index in [2.05, 4.69) is 25.7 Å². The molecule has 0 radical (unpaired) electrons. The predicted molar refractivity (Wildman–Crippen MR) is 90.9 cm³/mol. The Kier molecular flexibility index (Phi) is 3.20. The number of ether oxygens (including phenoxy) is 1. The molecule has 1 amide bonds. The number of aromatic amines is 1. The first kappa shape index (κ1) is 13.7. The summed E-state index contributed by atoms with van der Waals surface area (Å²) in [6.45, 7) is 0. The smallest absolute Gasteiger partial charge is 0.212 e. The van der Waals surface area contributed by atoms with Crippen LogP contribution in [-0.4, -0.2) is 27.9 Å². The SMILES string of the molecule is COc1cc2sncc2cc1-c1c[nH]c2nc(NC=O)ccc12. The van der Waals surface area contributed by atoms with E-state index in [0.29, 0.717) is 17.9 Å². The molecule has 3 aromatic heterocycles. The fourth-order valence-electron chi connectivity index (χ4n) is 2.65. The van der Waals surface area contributed by atoms with Gasteiger partial charge in [-0.25, -0.2) is 4.98 Å². The summed E-state index contributed by atoms with van der Waals surface area (Å²) in [5.74, 6) is 1.29. The molecular formula is C16H12N4O2S. The van der Waals surface area contributed by atoms with Crippen molar-refractivity contribution in [1.29, 1.82) is 0 Å². The number of hydrogen-bond acceptors (Lipinski definition) is 5. The van der Waals surface area contributed by atoms with Crippen molar-refractivity contribution in [1.82, 2.24) is 14.3 Å². The number of pyridine rings is 1. The van der Waals surface area contributed by atoms with Crippen molar-refractivity contribution in [3.63, 3.8) is 0 Å². The van der Waals surface area contributed by atoms with E-state index in [1.54, 1.807) is 13.2 Å². The summed E-state index contributed by atoms with van der Waals surface area (Å²) in [7, 11) is 1.66. The molecule has 3 heterocycles. The molecule has 2 N–H and O–H groups in total. The van der Waals surface area contributed by atoms with Gasteiger partial charge in [-0.05, 0) is 29.7 Å². The first-order valence-electron chi connectivity index (χ1n) is 6.91. The second-order valence-corrected chi connectivity index (χ2v) is 5.81. The fraction of sp³-hybridized carbons (Fsp3) is 0.0625. The highest BCUT2D eigenvalue weighted by Crippen LogP contribution is 2.38. The van der Waals surface area contributed by atoms with Crippen LogP contribution in [-0.2, 0) is 4.79 Å². The molecule has 0 spiro atoms. The van der Waals surface area contributed by atoms with Gasteiger partial charge in [0.1, 0.15) is 17.2 Å². The van der Waals surface area contributed by atoms with Gasteiger partial charge in [0.05, 0.1) is 11.8 Å². The third-order valence-electron chi connectivity index (χ3n) is 3.71. The average molecular weight is 324 g/mol. The Bertz CT molecular complexity index is 1020. The van der Waals surface area contributed by atoms with Gasteiger partial charge in [0.25, 0.3) is 0 Å². The Morgan fingerprint density at radius 3 is 3.04 bits per heavy atom. The van der Waals surface area contributed by atoms with Crippen LogP contribution in [0.15, 0.2) is 36.7 Å². The molecule has 0 fully saturated rings. The molecule has 114 valence electrons. The number of anilines is 1. The number of nitrogens with zero attached hydrogens (tertiary/aromatic N) is 2. The number of nitrogens with one attached hydrogen (secondary N) is 2. The minimum atomic E-state index is 0.505. The third kappa shape index (κ3) is 2.22. The lowest BCUT2D eigenvalue weighted by molar-refractivity contribution is -0.105. The van der Waals surface area contributed by atoms with Crippen LogP contribution in [0, 0.1) is 0 Å². The first-order valence-corrected chi connectivity index (χ1v) is 7.68. The highest BCUT2D eigenvalue weighted by molar-refractivity contribution is 7.13. The van der Waals surface area contributed by atoms with E-state index < -0.39 is 0 Å². The number of aromatic nitrogens is 3. The van der Waals surface area contributed by atoms with E-state index in [1.165, 1.54) is 11.5 Å². The molecule has 0 aliphatic heterocycles. The van der Waals surface area contributed by atoms with Crippen LogP contribution in [0.25, 0.3) is 32.2 Å². The number of amides is 1. The monoisotopic (exact) mass is 324 g/mol. The normalized spacial score (nSPS) is 11.0. The molecule has 0 atom stereocenters. The highest BCUT2D eigenvalue weighted by atomic mass is 32.1. The molecule has 0 aliphatic carbocycles. The van der Waals surface area contributed by atoms with E-state index in [9.17, 15) is 4.79 Å². The molecular weight excluding hydrogens is 312 g/mol. The number of carbonyl (C=O) groups excluding carboxylic acids is 1. The Labute approximate surface area is 135 Å². The Morgan fingerprint density at radius 2 is 2.22 bits per heavy atom. The molecule has 7 heteroatoms. The van der Waals surface area contributed by atoms with Crippen LogP contribution in [0.1, 0.15) is 0 Å². The minimum Gasteiger partial charge on any atom is -0.496 e. The second kappa shape index (κ2) is 5.36. The molecule has 4 aromatic rings. The van der Waals surface area contributed by atoms with Gasteiger partial charge >= 0.3 is 0 Å². The zero-order valence-electron chi connectivity index (χ0n) is 12.2. The molecule has 0 saturated carbocycles. The Balaban J connectivity index is 1.92. The van der Waals surface area contributed by atoms with Gasteiger partial charge in [-0.15, -0.1) is 0 Å². The second-order valence-electron chi connectivity index (χ2n) is 4.97. The van der Waals surface area contributed by atoms with Gasteiger partial charge in [-0.1, -0.05) is 0 Å². The molecule has 0 saturated heterocycles. The van der Waals surface area contributed by atoms with E-state index in [1.807, 2.05) is 24.5 Å². The van der Waals surface area contributed by atoms with E-state index in [-0.39, 0.29) is 0 Å². The third-order valence-corrected chi connectivity index (χ3v) is 4.47. The maximum absolute atomic E-state index is 10.5. The van der Waals surface area contributed by atoms with Crippen LogP contribution in [0.5, 0.6) is 5.75 Å². The summed E-state index contributed by atoms with van der Waals surface area (Å²) in [6, 6.07) is 7.76. The van der Waals surface area contributed by atoms with Crippen LogP contribution in [0.4, 0.5) is 5.82 Å². The predicted octanol–water partition coefficient (Wildman–Crippen LogP) is 3.42. The van der Waals surface area contributed by atoms with Gasteiger partial charge in [-0.2, -0.15) is 4.37 Å². The lowest BCUT2D eigenvalue weighted by atomic mass is 10.0. The Morgan fingerprint density at radius 1 is 1.30 bits per heavy atom. The number of H-pyrrole nitrogens is 1. The van der Waals surface area contributed by atoms with E-state index in [0.717, 1.165) is 32.3 Å². The van der Waals surface area contributed by atoms with Crippen LogP contribution in [0.3, 0.4) is 0 Å². The molecule has 0 aliphatic rings. The Hall–Kier alpha value is -2.93. The maximum Gasteiger partial charge on any atom is 0.212 e. The van der Waals surface area contributed by atoms with Crippen molar-refractivity contribution >= 4 is 44.9 Å². The number of hydrogen-bond donors (Lipinski definition) is 2. The van der Waals surface area contributed by atoms with Crippen molar-refractivity contribution in [3.8, 4) is 16.9 Å². The van der Waals surface area contributed by atoms with Crippen molar-refractivity contribution in [2.75, 3.05) is 12.4 Å². The number of methoxy groups -OCH3 is 1. The molecule has 6 nitrogen and oxygen atoms in total. The topological polar surface area (TPSA) is 79.9 Å². The summed E-state index contributed by atoms with van der Waals surface area (Å²) in [5.41, 5.74) is 2.68. The number of benzene rings is 1. The number of fused-ring (bicyclic) bond motifs is 2. The van der Waals surface area contributed by atoms with Crippen molar-refractivity contribution < 1.29 is 9.53 Å². The van der Waals surface area contributed by atoms with Gasteiger partial charge in [-0.3, -0.25) is 4.79 Å². The average Bonchev–Trinajstić information content (AvgIpc) is 3.19.